The summed E-state index contributed by atoms with van der Waals surface area (Å²) in [5.41, 5.74) is 4.83. The molecule has 0 radical (unpaired) electrons. The summed E-state index contributed by atoms with van der Waals surface area (Å²) in [5, 5.41) is 6.09. The van der Waals surface area contributed by atoms with Gasteiger partial charge in [-0.1, -0.05) is 35.9 Å². The highest BCUT2D eigenvalue weighted by atomic mass is 35.5. The minimum absolute atomic E-state index is 0.130. The summed E-state index contributed by atoms with van der Waals surface area (Å²) in [5.74, 6) is 0.153. The summed E-state index contributed by atoms with van der Waals surface area (Å²) in [6.45, 7) is 4.14. The van der Waals surface area contributed by atoms with Crippen molar-refractivity contribution in [3.05, 3.63) is 70.1 Å². The van der Waals surface area contributed by atoms with E-state index < -0.39 is 0 Å². The molecule has 3 nitrogen and oxygen atoms in total. The van der Waals surface area contributed by atoms with E-state index in [9.17, 15) is 4.39 Å². The Balaban J connectivity index is 1.93. The Morgan fingerprint density at radius 2 is 1.85 bits per heavy atom. The summed E-state index contributed by atoms with van der Waals surface area (Å²) in [7, 11) is 0. The van der Waals surface area contributed by atoms with Crippen LogP contribution in [0.25, 0.3) is 21.3 Å². The Bertz CT molecular complexity index is 1120. The zero-order valence-corrected chi connectivity index (χ0v) is 15.7. The molecule has 0 spiro atoms. The molecular formula is C20H15ClFN3S. The molecule has 4 aromatic rings. The van der Waals surface area contributed by atoms with Crippen molar-refractivity contribution in [2.45, 2.75) is 13.8 Å². The van der Waals surface area contributed by atoms with Gasteiger partial charge in [0.1, 0.15) is 16.5 Å². The SMILES string of the molecule is Cc1ccc(-c2csc3nc(Cl)nc(Nc4ccccc4F)c23)c(C)c1. The van der Waals surface area contributed by atoms with Gasteiger partial charge in [-0.15, -0.1) is 11.3 Å². The van der Waals surface area contributed by atoms with Crippen LogP contribution in [-0.2, 0) is 0 Å². The zero-order chi connectivity index (χ0) is 18.3. The lowest BCUT2D eigenvalue weighted by Crippen LogP contribution is -1.99. The molecule has 26 heavy (non-hydrogen) atoms. The van der Waals surface area contributed by atoms with Gasteiger partial charge >= 0.3 is 0 Å². The average Bonchev–Trinajstić information content (AvgIpc) is 3.00. The fourth-order valence-electron chi connectivity index (χ4n) is 3.01. The molecule has 0 aliphatic carbocycles. The van der Waals surface area contributed by atoms with Crippen LogP contribution in [0.2, 0.25) is 5.28 Å². The van der Waals surface area contributed by atoms with E-state index in [0.29, 0.717) is 11.5 Å². The van der Waals surface area contributed by atoms with Crippen LogP contribution < -0.4 is 5.32 Å². The van der Waals surface area contributed by atoms with Gasteiger partial charge in [0.15, 0.2) is 0 Å². The Hall–Kier alpha value is -2.50. The van der Waals surface area contributed by atoms with Gasteiger partial charge in [-0.25, -0.2) is 9.37 Å². The number of rotatable bonds is 3. The maximum atomic E-state index is 14.1. The number of thiophene rings is 1. The van der Waals surface area contributed by atoms with Crippen molar-refractivity contribution < 1.29 is 4.39 Å². The lowest BCUT2D eigenvalue weighted by Gasteiger charge is -2.11. The molecule has 0 unspecified atom stereocenters. The molecule has 0 aliphatic rings. The Morgan fingerprint density at radius 3 is 2.62 bits per heavy atom. The van der Waals surface area contributed by atoms with Crippen molar-refractivity contribution >= 4 is 44.7 Å². The van der Waals surface area contributed by atoms with Gasteiger partial charge in [0.05, 0.1) is 11.1 Å². The second-order valence-corrected chi connectivity index (χ2v) is 7.29. The summed E-state index contributed by atoms with van der Waals surface area (Å²) >= 11 is 7.58. The maximum Gasteiger partial charge on any atom is 0.225 e. The number of hydrogen-bond donors (Lipinski definition) is 1. The van der Waals surface area contributed by atoms with Crippen molar-refractivity contribution in [2.75, 3.05) is 5.32 Å². The third kappa shape index (κ3) is 3.04. The summed E-state index contributed by atoms with van der Waals surface area (Å²) in [6, 6.07) is 12.8. The number of anilines is 2. The predicted molar refractivity (Wildman–Crippen MR) is 107 cm³/mol. The van der Waals surface area contributed by atoms with E-state index in [1.165, 1.54) is 23.0 Å². The van der Waals surface area contributed by atoms with Crippen LogP contribution in [0.3, 0.4) is 0 Å². The van der Waals surface area contributed by atoms with Gasteiger partial charge in [0, 0.05) is 10.9 Å². The number of fused-ring (bicyclic) bond motifs is 1. The number of para-hydroxylation sites is 1. The van der Waals surface area contributed by atoms with E-state index in [4.69, 9.17) is 11.6 Å². The molecule has 0 aliphatic heterocycles. The van der Waals surface area contributed by atoms with Crippen LogP contribution >= 0.6 is 22.9 Å². The molecule has 6 heteroatoms. The van der Waals surface area contributed by atoms with Gasteiger partial charge in [-0.05, 0) is 48.7 Å². The Morgan fingerprint density at radius 1 is 1.04 bits per heavy atom. The third-order valence-electron chi connectivity index (χ3n) is 4.21. The van der Waals surface area contributed by atoms with E-state index in [0.717, 1.165) is 26.9 Å². The van der Waals surface area contributed by atoms with Gasteiger partial charge < -0.3 is 5.32 Å². The Kier molecular flexibility index (Phi) is 4.34. The quantitative estimate of drug-likeness (QED) is 0.410. The van der Waals surface area contributed by atoms with Crippen molar-refractivity contribution in [1.29, 1.82) is 0 Å². The van der Waals surface area contributed by atoms with Crippen LogP contribution in [0.15, 0.2) is 47.8 Å². The molecule has 4 rings (SSSR count). The zero-order valence-electron chi connectivity index (χ0n) is 14.2. The number of aromatic nitrogens is 2. The fraction of sp³-hybridized carbons (Fsp3) is 0.100. The van der Waals surface area contributed by atoms with Crippen LogP contribution in [0, 0.1) is 19.7 Å². The third-order valence-corrected chi connectivity index (χ3v) is 5.25. The van der Waals surface area contributed by atoms with E-state index in [1.54, 1.807) is 18.2 Å². The molecule has 0 saturated carbocycles. The summed E-state index contributed by atoms with van der Waals surface area (Å²) in [4.78, 5) is 9.42. The molecule has 0 saturated heterocycles. The number of aryl methyl sites for hydroxylation is 2. The summed E-state index contributed by atoms with van der Waals surface area (Å²) in [6.07, 6.45) is 0. The molecule has 2 aromatic heterocycles. The van der Waals surface area contributed by atoms with E-state index in [-0.39, 0.29) is 11.1 Å². The molecule has 0 amide bonds. The van der Waals surface area contributed by atoms with Gasteiger partial charge in [-0.2, -0.15) is 4.98 Å². The molecule has 0 bridgehead atoms. The number of nitrogens with one attached hydrogen (secondary N) is 1. The predicted octanol–water partition coefficient (Wildman–Crippen LogP) is 6.51. The summed E-state index contributed by atoms with van der Waals surface area (Å²) < 4.78 is 14.1. The van der Waals surface area contributed by atoms with Gasteiger partial charge in [-0.3, -0.25) is 0 Å². The van der Waals surface area contributed by atoms with Crippen molar-refractivity contribution in [2.24, 2.45) is 0 Å². The monoisotopic (exact) mass is 383 g/mol. The van der Waals surface area contributed by atoms with Crippen molar-refractivity contribution in [3.8, 4) is 11.1 Å². The molecule has 0 atom stereocenters. The van der Waals surface area contributed by atoms with E-state index >= 15 is 0 Å². The molecule has 0 fully saturated rings. The number of nitrogens with zero attached hydrogens (tertiary/aromatic N) is 2. The van der Waals surface area contributed by atoms with Crippen molar-refractivity contribution in [1.82, 2.24) is 9.97 Å². The van der Waals surface area contributed by atoms with Crippen LogP contribution in [-0.4, -0.2) is 9.97 Å². The lowest BCUT2D eigenvalue weighted by molar-refractivity contribution is 0.632. The first-order valence-electron chi connectivity index (χ1n) is 8.07. The highest BCUT2D eigenvalue weighted by Crippen LogP contribution is 2.40. The number of halogens is 2. The van der Waals surface area contributed by atoms with E-state index in [2.05, 4.69) is 47.3 Å². The fourth-order valence-corrected chi connectivity index (χ4v) is 4.17. The average molecular weight is 384 g/mol. The topological polar surface area (TPSA) is 37.8 Å². The first-order valence-corrected chi connectivity index (χ1v) is 9.32. The first kappa shape index (κ1) is 16.9. The largest absolute Gasteiger partial charge is 0.337 e. The first-order chi connectivity index (χ1) is 12.5. The maximum absolute atomic E-state index is 14.1. The highest BCUT2D eigenvalue weighted by Gasteiger charge is 2.17. The standard InChI is InChI=1S/C20H15ClFN3S/c1-11-7-8-13(12(2)9-11)14-10-26-19-17(14)18(24-20(21)25-19)23-16-6-4-3-5-15(16)22/h3-10H,1-2H3,(H,23,24,25). The molecule has 2 aromatic carbocycles. The minimum atomic E-state index is -0.348. The van der Waals surface area contributed by atoms with Crippen LogP contribution in [0.5, 0.6) is 0 Å². The number of benzene rings is 2. The number of hydrogen-bond acceptors (Lipinski definition) is 4. The highest BCUT2D eigenvalue weighted by molar-refractivity contribution is 7.17. The smallest absolute Gasteiger partial charge is 0.225 e. The normalized spacial score (nSPS) is 11.1. The molecular weight excluding hydrogens is 369 g/mol. The molecule has 2 heterocycles. The molecule has 1 N–H and O–H groups in total. The van der Waals surface area contributed by atoms with Crippen LogP contribution in [0.1, 0.15) is 11.1 Å². The lowest BCUT2D eigenvalue weighted by atomic mass is 9.99. The molecule has 130 valence electrons. The van der Waals surface area contributed by atoms with Crippen molar-refractivity contribution in [3.63, 3.8) is 0 Å². The van der Waals surface area contributed by atoms with Crippen LogP contribution in [0.4, 0.5) is 15.9 Å². The van der Waals surface area contributed by atoms with Gasteiger partial charge in [0.2, 0.25) is 5.28 Å². The Labute approximate surface area is 159 Å². The van der Waals surface area contributed by atoms with Gasteiger partial charge in [0.25, 0.3) is 0 Å². The van der Waals surface area contributed by atoms with E-state index in [1.807, 2.05) is 5.38 Å². The minimum Gasteiger partial charge on any atom is -0.337 e. The second-order valence-electron chi connectivity index (χ2n) is 6.09. The second kappa shape index (κ2) is 6.67.